The van der Waals surface area contributed by atoms with Crippen molar-refractivity contribution in [2.75, 3.05) is 78.8 Å². The molecule has 0 saturated heterocycles. The molecule has 0 saturated carbocycles. The van der Waals surface area contributed by atoms with E-state index < -0.39 is 0 Å². The third kappa shape index (κ3) is 13.5. The number of nitrogens with one attached hydrogen (secondary N) is 2. The number of nitrogens with zero attached hydrogens (tertiary/aromatic N) is 2. The lowest BCUT2D eigenvalue weighted by molar-refractivity contribution is 0.159. The first-order valence-corrected chi connectivity index (χ1v) is 8.57. The highest BCUT2D eigenvalue weighted by Crippen LogP contribution is 1.91. The number of urea groups is 1. The van der Waals surface area contributed by atoms with Crippen LogP contribution in [0.4, 0.5) is 4.79 Å². The molecular formula is C15H34N4O5. The SMILES string of the molecule is O=C(NCCCN(CCO)CCO)NCCCN(CCO)CCO. The van der Waals surface area contributed by atoms with Gasteiger partial charge in [-0.05, 0) is 25.9 Å². The van der Waals surface area contributed by atoms with Gasteiger partial charge in [-0.15, -0.1) is 0 Å². The zero-order valence-electron chi connectivity index (χ0n) is 14.5. The molecule has 9 heteroatoms. The summed E-state index contributed by atoms with van der Waals surface area (Å²) in [5, 5.41) is 41.1. The van der Waals surface area contributed by atoms with E-state index in [9.17, 15) is 4.79 Å². The van der Waals surface area contributed by atoms with Gasteiger partial charge >= 0.3 is 6.03 Å². The summed E-state index contributed by atoms with van der Waals surface area (Å²) in [5.41, 5.74) is 0. The van der Waals surface area contributed by atoms with Gasteiger partial charge in [-0.2, -0.15) is 0 Å². The van der Waals surface area contributed by atoms with Crippen LogP contribution in [0.3, 0.4) is 0 Å². The van der Waals surface area contributed by atoms with Crippen LogP contribution < -0.4 is 10.6 Å². The molecule has 0 aliphatic carbocycles. The Balaban J connectivity index is 3.64. The third-order valence-corrected chi connectivity index (χ3v) is 3.54. The number of hydrogen-bond donors (Lipinski definition) is 6. The van der Waals surface area contributed by atoms with Gasteiger partial charge in [0.25, 0.3) is 0 Å². The maximum absolute atomic E-state index is 11.6. The van der Waals surface area contributed by atoms with E-state index in [1.165, 1.54) is 0 Å². The number of rotatable bonds is 16. The highest BCUT2D eigenvalue weighted by molar-refractivity contribution is 5.73. The number of hydrogen-bond acceptors (Lipinski definition) is 7. The predicted octanol–water partition coefficient (Wildman–Crippen LogP) is -2.36. The van der Waals surface area contributed by atoms with E-state index in [1.54, 1.807) is 0 Å². The Morgan fingerprint density at radius 3 is 1.25 bits per heavy atom. The van der Waals surface area contributed by atoms with Crippen molar-refractivity contribution in [2.24, 2.45) is 0 Å². The van der Waals surface area contributed by atoms with Gasteiger partial charge in [0, 0.05) is 39.3 Å². The molecule has 0 aromatic heterocycles. The summed E-state index contributed by atoms with van der Waals surface area (Å²) in [6.45, 7) is 4.76. The van der Waals surface area contributed by atoms with E-state index in [0.717, 1.165) is 12.8 Å². The summed E-state index contributed by atoms with van der Waals surface area (Å²) < 4.78 is 0. The van der Waals surface area contributed by atoms with Gasteiger partial charge in [0.1, 0.15) is 0 Å². The van der Waals surface area contributed by atoms with Crippen LogP contribution in [-0.2, 0) is 0 Å². The zero-order valence-corrected chi connectivity index (χ0v) is 14.5. The molecule has 0 rings (SSSR count). The van der Waals surface area contributed by atoms with Crippen LogP contribution in [0.25, 0.3) is 0 Å². The molecule has 9 nitrogen and oxygen atoms in total. The minimum absolute atomic E-state index is 0.0531. The van der Waals surface area contributed by atoms with Crippen LogP contribution in [0.5, 0.6) is 0 Å². The van der Waals surface area contributed by atoms with E-state index in [-0.39, 0.29) is 32.5 Å². The molecule has 0 atom stereocenters. The van der Waals surface area contributed by atoms with Crippen molar-refractivity contribution < 1.29 is 25.2 Å². The van der Waals surface area contributed by atoms with E-state index in [2.05, 4.69) is 10.6 Å². The Kier molecular flexibility index (Phi) is 16.2. The smallest absolute Gasteiger partial charge is 0.314 e. The highest BCUT2D eigenvalue weighted by Gasteiger charge is 2.05. The predicted molar refractivity (Wildman–Crippen MR) is 91.9 cm³/mol. The third-order valence-electron chi connectivity index (χ3n) is 3.54. The van der Waals surface area contributed by atoms with Crippen LogP contribution in [0.15, 0.2) is 0 Å². The van der Waals surface area contributed by atoms with E-state index in [1.807, 2.05) is 9.80 Å². The molecule has 144 valence electrons. The van der Waals surface area contributed by atoms with Gasteiger partial charge in [0.15, 0.2) is 0 Å². The Morgan fingerprint density at radius 1 is 0.625 bits per heavy atom. The number of carbonyl (C=O) groups excluding carboxylic acids is 1. The Labute approximate surface area is 144 Å². The summed E-state index contributed by atoms with van der Waals surface area (Å²) in [6, 6.07) is -0.221. The van der Waals surface area contributed by atoms with Gasteiger partial charge in [0.2, 0.25) is 0 Å². The monoisotopic (exact) mass is 350 g/mol. The Morgan fingerprint density at radius 2 is 0.958 bits per heavy atom. The van der Waals surface area contributed by atoms with Crippen molar-refractivity contribution in [1.82, 2.24) is 20.4 Å². The molecule has 0 aromatic rings. The second kappa shape index (κ2) is 16.9. The number of amides is 2. The summed E-state index contributed by atoms with van der Waals surface area (Å²) in [6.07, 6.45) is 1.49. The second-order valence-electron chi connectivity index (χ2n) is 5.47. The van der Waals surface area contributed by atoms with Gasteiger partial charge in [0.05, 0.1) is 26.4 Å². The molecule has 0 spiro atoms. The van der Waals surface area contributed by atoms with Crippen LogP contribution in [-0.4, -0.2) is 115 Å². The molecule has 0 unspecified atom stereocenters. The average Bonchev–Trinajstić information content (AvgIpc) is 2.56. The molecule has 0 aliphatic rings. The lowest BCUT2D eigenvalue weighted by atomic mass is 10.3. The van der Waals surface area contributed by atoms with Crippen LogP contribution in [0, 0.1) is 0 Å². The van der Waals surface area contributed by atoms with Crippen LogP contribution in [0.2, 0.25) is 0 Å². The van der Waals surface area contributed by atoms with Crippen molar-refractivity contribution in [3.8, 4) is 0 Å². The topological polar surface area (TPSA) is 129 Å². The molecule has 0 fully saturated rings. The molecule has 2 amide bonds. The van der Waals surface area contributed by atoms with Crippen molar-refractivity contribution in [1.29, 1.82) is 0 Å². The number of carbonyl (C=O) groups is 1. The Hall–Kier alpha value is -0.970. The van der Waals surface area contributed by atoms with Gasteiger partial charge in [-0.3, -0.25) is 9.80 Å². The molecule has 0 bridgehead atoms. The van der Waals surface area contributed by atoms with E-state index >= 15 is 0 Å². The quantitative estimate of drug-likeness (QED) is 0.172. The number of aliphatic hydroxyl groups excluding tert-OH is 4. The van der Waals surface area contributed by atoms with Gasteiger partial charge in [-0.25, -0.2) is 4.79 Å². The molecule has 24 heavy (non-hydrogen) atoms. The molecule has 0 aliphatic heterocycles. The average molecular weight is 350 g/mol. The van der Waals surface area contributed by atoms with E-state index in [0.29, 0.717) is 52.4 Å². The standard InChI is InChI=1S/C15H34N4O5/c20-11-7-18(8-12-21)5-1-3-16-15(24)17-4-2-6-19(9-13-22)10-14-23/h20-23H,1-14H2,(H2,16,17,24). The molecular weight excluding hydrogens is 316 g/mol. The van der Waals surface area contributed by atoms with Crippen molar-refractivity contribution in [3.63, 3.8) is 0 Å². The lowest BCUT2D eigenvalue weighted by Crippen LogP contribution is -2.39. The molecule has 0 radical (unpaired) electrons. The summed E-state index contributed by atoms with van der Waals surface area (Å²) in [4.78, 5) is 15.5. The van der Waals surface area contributed by atoms with Crippen LogP contribution in [0.1, 0.15) is 12.8 Å². The summed E-state index contributed by atoms with van der Waals surface area (Å²) in [7, 11) is 0. The minimum Gasteiger partial charge on any atom is -0.395 e. The van der Waals surface area contributed by atoms with Crippen molar-refractivity contribution in [2.45, 2.75) is 12.8 Å². The van der Waals surface area contributed by atoms with E-state index in [4.69, 9.17) is 20.4 Å². The zero-order chi connectivity index (χ0) is 18.0. The summed E-state index contributed by atoms with van der Waals surface area (Å²) in [5.74, 6) is 0. The van der Waals surface area contributed by atoms with Gasteiger partial charge < -0.3 is 31.1 Å². The lowest BCUT2D eigenvalue weighted by Gasteiger charge is -2.20. The van der Waals surface area contributed by atoms with Gasteiger partial charge in [-0.1, -0.05) is 0 Å². The second-order valence-corrected chi connectivity index (χ2v) is 5.47. The number of aliphatic hydroxyl groups is 4. The fraction of sp³-hybridized carbons (Fsp3) is 0.933. The first-order valence-electron chi connectivity index (χ1n) is 8.57. The fourth-order valence-electron chi connectivity index (χ4n) is 2.31. The first kappa shape index (κ1) is 23.0. The maximum Gasteiger partial charge on any atom is 0.314 e. The highest BCUT2D eigenvalue weighted by atomic mass is 16.3. The minimum atomic E-state index is -0.221. The summed E-state index contributed by atoms with van der Waals surface area (Å²) >= 11 is 0. The first-order chi connectivity index (χ1) is 11.7. The fourth-order valence-corrected chi connectivity index (χ4v) is 2.31. The Bertz CT molecular complexity index is 259. The molecule has 0 aromatic carbocycles. The normalized spacial score (nSPS) is 11.2. The molecule has 6 N–H and O–H groups in total. The van der Waals surface area contributed by atoms with Crippen molar-refractivity contribution >= 4 is 6.03 Å². The maximum atomic E-state index is 11.6. The largest absolute Gasteiger partial charge is 0.395 e. The molecule has 0 heterocycles. The van der Waals surface area contributed by atoms with Crippen LogP contribution >= 0.6 is 0 Å². The van der Waals surface area contributed by atoms with Crippen molar-refractivity contribution in [3.05, 3.63) is 0 Å².